The Hall–Kier alpha value is -2.31. The molecule has 6 heteroatoms. The Morgan fingerprint density at radius 1 is 1.09 bits per heavy atom. The molecule has 0 radical (unpaired) electrons. The maximum absolute atomic E-state index is 14.9. The van der Waals surface area contributed by atoms with E-state index in [1.165, 1.54) is 6.07 Å². The number of halogens is 3. The second kappa shape index (κ2) is 8.91. The highest BCUT2D eigenvalue weighted by atomic mass is 79.9. The van der Waals surface area contributed by atoms with Crippen LogP contribution in [0.4, 0.5) is 10.1 Å². The van der Waals surface area contributed by atoms with Crippen molar-refractivity contribution in [2.24, 2.45) is 5.92 Å². The van der Waals surface area contributed by atoms with Gasteiger partial charge in [0.2, 0.25) is 0 Å². The Morgan fingerprint density at radius 3 is 2.69 bits per heavy atom. The summed E-state index contributed by atoms with van der Waals surface area (Å²) in [6, 6.07) is 17.6. The minimum absolute atomic E-state index is 0.0495. The van der Waals surface area contributed by atoms with Crippen molar-refractivity contribution in [2.45, 2.75) is 25.0 Å². The molecule has 164 valence electrons. The summed E-state index contributed by atoms with van der Waals surface area (Å²) in [5.41, 5.74) is 3.69. The van der Waals surface area contributed by atoms with Crippen molar-refractivity contribution in [3.8, 4) is 11.5 Å². The van der Waals surface area contributed by atoms with E-state index in [0.29, 0.717) is 29.7 Å². The van der Waals surface area contributed by atoms with Gasteiger partial charge in [0, 0.05) is 10.4 Å². The van der Waals surface area contributed by atoms with E-state index >= 15 is 0 Å². The van der Waals surface area contributed by atoms with Gasteiger partial charge in [-0.05, 0) is 69.2 Å². The summed E-state index contributed by atoms with van der Waals surface area (Å²) in [4.78, 5) is 0. The number of fused-ring (bicyclic) bond motifs is 3. The van der Waals surface area contributed by atoms with Gasteiger partial charge in [-0.2, -0.15) is 0 Å². The zero-order valence-corrected chi connectivity index (χ0v) is 20.6. The SMILES string of the molecule is COc1cc([C@@H]2Nc3c(F)cc(Br)cc3[C@@H]3C=CC[C@@H]32)cc(Br)c1OCc1ccccc1. The highest BCUT2D eigenvalue weighted by molar-refractivity contribution is 9.10. The van der Waals surface area contributed by atoms with Gasteiger partial charge in [0.15, 0.2) is 11.5 Å². The number of nitrogens with one attached hydrogen (secondary N) is 1. The predicted molar refractivity (Wildman–Crippen MR) is 132 cm³/mol. The third kappa shape index (κ3) is 3.95. The number of hydrogen-bond donors (Lipinski definition) is 1. The Bertz CT molecular complexity index is 1180. The lowest BCUT2D eigenvalue weighted by Crippen LogP contribution is -2.29. The topological polar surface area (TPSA) is 30.5 Å². The largest absolute Gasteiger partial charge is 0.493 e. The minimum Gasteiger partial charge on any atom is -0.493 e. The zero-order chi connectivity index (χ0) is 22.2. The summed E-state index contributed by atoms with van der Waals surface area (Å²) in [6.07, 6.45) is 5.33. The third-order valence-corrected chi connectivity index (χ3v) is 7.27. The smallest absolute Gasteiger partial charge is 0.175 e. The quantitative estimate of drug-likeness (QED) is 0.324. The van der Waals surface area contributed by atoms with Gasteiger partial charge >= 0.3 is 0 Å². The van der Waals surface area contributed by atoms with Crippen LogP contribution in [0.3, 0.4) is 0 Å². The molecule has 1 heterocycles. The summed E-state index contributed by atoms with van der Waals surface area (Å²) in [5, 5.41) is 3.48. The van der Waals surface area contributed by atoms with Crippen molar-refractivity contribution in [3.63, 3.8) is 0 Å². The molecule has 0 saturated heterocycles. The summed E-state index contributed by atoms with van der Waals surface area (Å²) < 4.78 is 28.2. The van der Waals surface area contributed by atoms with Gasteiger partial charge in [-0.3, -0.25) is 0 Å². The number of benzene rings is 3. The molecule has 32 heavy (non-hydrogen) atoms. The molecular weight excluding hydrogens is 537 g/mol. The van der Waals surface area contributed by atoms with Crippen LogP contribution in [0, 0.1) is 11.7 Å². The Kier molecular flexibility index (Phi) is 5.99. The molecule has 3 aromatic rings. The maximum Gasteiger partial charge on any atom is 0.175 e. The first-order valence-corrected chi connectivity index (χ1v) is 12.1. The molecule has 1 aliphatic heterocycles. The molecule has 5 rings (SSSR count). The van der Waals surface area contributed by atoms with Crippen molar-refractivity contribution in [1.82, 2.24) is 0 Å². The fraction of sp³-hybridized carbons (Fsp3) is 0.231. The molecule has 0 unspecified atom stereocenters. The maximum atomic E-state index is 14.9. The van der Waals surface area contributed by atoms with Gasteiger partial charge in [-0.15, -0.1) is 0 Å². The average Bonchev–Trinajstić information content (AvgIpc) is 3.28. The number of allylic oxidation sites excluding steroid dienone is 2. The monoisotopic (exact) mass is 557 g/mol. The molecule has 0 amide bonds. The standard InChI is InChI=1S/C26H22Br2FNO2/c1-31-23-11-16(10-21(28)26(23)32-14-15-6-3-2-4-7-15)24-19-9-5-8-18(19)20-12-17(27)13-22(29)25(20)30-24/h2-8,10-13,18-19,24,30H,9,14H2,1H3/t18-,19+,24+/m1/s1. The molecule has 3 atom stereocenters. The summed E-state index contributed by atoms with van der Waals surface area (Å²) in [5.74, 6) is 1.53. The molecule has 0 aromatic heterocycles. The molecule has 0 bridgehead atoms. The second-order valence-corrected chi connectivity index (χ2v) is 9.91. The highest BCUT2D eigenvalue weighted by Crippen LogP contribution is 2.52. The van der Waals surface area contributed by atoms with Gasteiger partial charge in [-0.25, -0.2) is 4.39 Å². The fourth-order valence-corrected chi connectivity index (χ4v) is 5.76. The molecule has 0 fully saturated rings. The van der Waals surface area contributed by atoms with Gasteiger partial charge in [0.05, 0.1) is 23.3 Å². The summed E-state index contributed by atoms with van der Waals surface area (Å²) >= 11 is 7.12. The van der Waals surface area contributed by atoms with E-state index in [-0.39, 0.29) is 17.8 Å². The van der Waals surface area contributed by atoms with Crippen LogP contribution in [-0.4, -0.2) is 7.11 Å². The second-order valence-electron chi connectivity index (χ2n) is 8.14. The van der Waals surface area contributed by atoms with Crippen molar-refractivity contribution in [3.05, 3.63) is 98.2 Å². The predicted octanol–water partition coefficient (Wildman–Crippen LogP) is 7.76. The normalized spacial score (nSPS) is 20.9. The van der Waals surface area contributed by atoms with Crippen molar-refractivity contribution in [1.29, 1.82) is 0 Å². The van der Waals surface area contributed by atoms with E-state index in [1.807, 2.05) is 42.5 Å². The molecule has 2 aliphatic rings. The van der Waals surface area contributed by atoms with E-state index in [4.69, 9.17) is 9.47 Å². The molecule has 0 saturated carbocycles. The highest BCUT2D eigenvalue weighted by Gasteiger charge is 2.39. The number of anilines is 1. The van der Waals surface area contributed by atoms with E-state index < -0.39 is 0 Å². The first-order valence-electron chi connectivity index (χ1n) is 10.5. The van der Waals surface area contributed by atoms with Crippen molar-refractivity contribution in [2.75, 3.05) is 12.4 Å². The van der Waals surface area contributed by atoms with Gasteiger partial charge in [0.25, 0.3) is 0 Å². The summed E-state index contributed by atoms with van der Waals surface area (Å²) in [6.45, 7) is 0.443. The van der Waals surface area contributed by atoms with Crippen molar-refractivity contribution < 1.29 is 13.9 Å². The molecule has 3 aromatic carbocycles. The lowest BCUT2D eigenvalue weighted by atomic mass is 9.77. The van der Waals surface area contributed by atoms with Gasteiger partial charge < -0.3 is 14.8 Å². The van der Waals surface area contributed by atoms with Crippen LogP contribution in [0.1, 0.15) is 35.1 Å². The number of methoxy groups -OCH3 is 1. The van der Waals surface area contributed by atoms with E-state index in [9.17, 15) is 4.39 Å². The van der Waals surface area contributed by atoms with Gasteiger partial charge in [-0.1, -0.05) is 58.4 Å². The lowest BCUT2D eigenvalue weighted by Gasteiger charge is -2.38. The number of rotatable bonds is 5. The molecule has 1 aliphatic carbocycles. The molecule has 1 N–H and O–H groups in total. The van der Waals surface area contributed by atoms with Gasteiger partial charge in [0.1, 0.15) is 12.4 Å². The number of ether oxygens (including phenoxy) is 2. The van der Waals surface area contributed by atoms with E-state index in [0.717, 1.165) is 32.1 Å². The Balaban J connectivity index is 1.49. The fourth-order valence-electron chi connectivity index (χ4n) is 4.74. The van der Waals surface area contributed by atoms with E-state index in [2.05, 4.69) is 55.4 Å². The van der Waals surface area contributed by atoms with Crippen LogP contribution in [0.2, 0.25) is 0 Å². The Labute approximate surface area is 203 Å². The van der Waals surface area contributed by atoms with Crippen LogP contribution in [-0.2, 0) is 6.61 Å². The first-order chi connectivity index (χ1) is 15.5. The summed E-state index contributed by atoms with van der Waals surface area (Å²) in [7, 11) is 1.64. The average molecular weight is 559 g/mol. The van der Waals surface area contributed by atoms with E-state index in [1.54, 1.807) is 7.11 Å². The van der Waals surface area contributed by atoms with Crippen LogP contribution >= 0.6 is 31.9 Å². The van der Waals surface area contributed by atoms with Crippen LogP contribution in [0.15, 0.2) is 75.7 Å². The molecule has 0 spiro atoms. The Morgan fingerprint density at radius 2 is 1.91 bits per heavy atom. The first kappa shape index (κ1) is 21.5. The minimum atomic E-state index is -0.244. The zero-order valence-electron chi connectivity index (χ0n) is 17.4. The van der Waals surface area contributed by atoms with Crippen molar-refractivity contribution >= 4 is 37.5 Å². The molecular formula is C26H22Br2FNO2. The molecule has 3 nitrogen and oxygen atoms in total. The lowest BCUT2D eigenvalue weighted by molar-refractivity contribution is 0.282. The number of hydrogen-bond acceptors (Lipinski definition) is 3. The van der Waals surface area contributed by atoms with Crippen LogP contribution < -0.4 is 14.8 Å². The third-order valence-electron chi connectivity index (χ3n) is 6.22. The van der Waals surface area contributed by atoms with Crippen LogP contribution in [0.25, 0.3) is 0 Å². The van der Waals surface area contributed by atoms with Crippen LogP contribution in [0.5, 0.6) is 11.5 Å².